The lowest BCUT2D eigenvalue weighted by atomic mass is 9.87. The van der Waals surface area contributed by atoms with Crippen molar-refractivity contribution in [2.45, 2.75) is 64.0 Å². The van der Waals surface area contributed by atoms with E-state index in [0.717, 1.165) is 12.8 Å². The summed E-state index contributed by atoms with van der Waals surface area (Å²) in [6, 6.07) is 0. The molecule has 1 aliphatic carbocycles. The van der Waals surface area contributed by atoms with E-state index in [2.05, 4.69) is 11.8 Å². The van der Waals surface area contributed by atoms with E-state index in [1.807, 2.05) is 20.9 Å². The van der Waals surface area contributed by atoms with E-state index in [4.69, 9.17) is 4.74 Å². The van der Waals surface area contributed by atoms with Gasteiger partial charge in [-0.2, -0.15) is 0 Å². The van der Waals surface area contributed by atoms with E-state index < -0.39 is 11.3 Å². The SMILES string of the molecule is CCC[C@@]1(COC(C)C)C[C@]2(CN1C)CC2(F)F. The Morgan fingerprint density at radius 2 is 1.89 bits per heavy atom. The first-order valence-corrected chi connectivity index (χ1v) is 6.98. The third-order valence-electron chi connectivity index (χ3n) is 4.63. The highest BCUT2D eigenvalue weighted by atomic mass is 19.3. The summed E-state index contributed by atoms with van der Waals surface area (Å²) in [5, 5.41) is 0. The molecule has 1 spiro atoms. The normalized spacial score (nSPS) is 38.8. The number of hydrogen-bond acceptors (Lipinski definition) is 2. The molecule has 0 radical (unpaired) electrons. The summed E-state index contributed by atoms with van der Waals surface area (Å²) in [6.07, 6.45) is 2.76. The molecule has 1 aliphatic heterocycles. The van der Waals surface area contributed by atoms with Gasteiger partial charge in [0.05, 0.1) is 18.1 Å². The zero-order chi connectivity index (χ0) is 13.6. The minimum absolute atomic E-state index is 0.0669. The van der Waals surface area contributed by atoms with Crippen LogP contribution in [-0.2, 0) is 4.74 Å². The second-order valence-electron chi connectivity index (χ2n) is 6.53. The van der Waals surface area contributed by atoms with Crippen molar-refractivity contribution >= 4 is 0 Å². The highest BCUT2D eigenvalue weighted by Crippen LogP contribution is 2.68. The van der Waals surface area contributed by atoms with Gasteiger partial charge in [0.2, 0.25) is 0 Å². The number of rotatable bonds is 5. The van der Waals surface area contributed by atoms with Gasteiger partial charge in [-0.25, -0.2) is 8.78 Å². The Kier molecular flexibility index (Phi) is 3.48. The van der Waals surface area contributed by atoms with Gasteiger partial charge in [-0.15, -0.1) is 0 Å². The third kappa shape index (κ3) is 2.18. The predicted molar refractivity (Wildman–Crippen MR) is 68.0 cm³/mol. The lowest BCUT2D eigenvalue weighted by molar-refractivity contribution is -0.00998. The molecule has 2 fully saturated rings. The fourth-order valence-electron chi connectivity index (χ4n) is 3.49. The molecule has 1 saturated carbocycles. The maximum atomic E-state index is 13.6. The van der Waals surface area contributed by atoms with Crippen molar-refractivity contribution in [1.82, 2.24) is 4.90 Å². The van der Waals surface area contributed by atoms with Gasteiger partial charge in [0, 0.05) is 18.5 Å². The Labute approximate surface area is 109 Å². The van der Waals surface area contributed by atoms with Crippen LogP contribution in [0, 0.1) is 5.41 Å². The first-order chi connectivity index (χ1) is 8.27. The van der Waals surface area contributed by atoms with Crippen molar-refractivity contribution in [3.8, 4) is 0 Å². The number of nitrogens with zero attached hydrogens (tertiary/aromatic N) is 1. The van der Waals surface area contributed by atoms with E-state index in [1.54, 1.807) is 0 Å². The van der Waals surface area contributed by atoms with Gasteiger partial charge >= 0.3 is 0 Å². The number of hydrogen-bond donors (Lipinski definition) is 0. The lowest BCUT2D eigenvalue weighted by Crippen LogP contribution is -2.45. The van der Waals surface area contributed by atoms with Gasteiger partial charge in [0.25, 0.3) is 5.92 Å². The topological polar surface area (TPSA) is 12.5 Å². The molecule has 2 nitrogen and oxygen atoms in total. The van der Waals surface area contributed by atoms with Crippen molar-refractivity contribution in [2.75, 3.05) is 20.2 Å². The number of ether oxygens (including phenoxy) is 1. The van der Waals surface area contributed by atoms with Gasteiger partial charge in [-0.3, -0.25) is 4.90 Å². The van der Waals surface area contributed by atoms with Crippen molar-refractivity contribution in [1.29, 1.82) is 0 Å². The van der Waals surface area contributed by atoms with Crippen LogP contribution < -0.4 is 0 Å². The summed E-state index contributed by atoms with van der Waals surface area (Å²) < 4.78 is 32.9. The molecular weight excluding hydrogens is 236 g/mol. The molecule has 2 rings (SSSR count). The molecule has 0 N–H and O–H groups in total. The van der Waals surface area contributed by atoms with Gasteiger partial charge in [-0.1, -0.05) is 13.3 Å². The van der Waals surface area contributed by atoms with Crippen LogP contribution in [0.5, 0.6) is 0 Å². The fourth-order valence-corrected chi connectivity index (χ4v) is 3.49. The van der Waals surface area contributed by atoms with Gasteiger partial charge in [-0.05, 0) is 33.7 Å². The molecule has 0 aromatic rings. The van der Waals surface area contributed by atoms with E-state index in [-0.39, 0.29) is 18.1 Å². The van der Waals surface area contributed by atoms with Crippen LogP contribution in [-0.4, -0.2) is 42.7 Å². The van der Waals surface area contributed by atoms with Gasteiger partial charge in [0.1, 0.15) is 0 Å². The summed E-state index contributed by atoms with van der Waals surface area (Å²) in [5.41, 5.74) is -0.934. The first-order valence-electron chi connectivity index (χ1n) is 6.98. The Balaban J connectivity index is 2.10. The average Bonchev–Trinajstić information content (AvgIpc) is 2.61. The highest BCUT2D eigenvalue weighted by molar-refractivity contribution is 5.20. The summed E-state index contributed by atoms with van der Waals surface area (Å²) in [5.74, 6) is -2.45. The Bertz CT molecular complexity index is 321. The molecule has 0 aromatic heterocycles. The van der Waals surface area contributed by atoms with E-state index in [1.165, 1.54) is 0 Å². The lowest BCUT2D eigenvalue weighted by Gasteiger charge is -2.36. The Morgan fingerprint density at radius 1 is 1.28 bits per heavy atom. The molecule has 1 heterocycles. The molecule has 4 heteroatoms. The molecule has 0 unspecified atom stereocenters. The van der Waals surface area contributed by atoms with Gasteiger partial charge < -0.3 is 4.74 Å². The molecule has 2 atom stereocenters. The van der Waals surface area contributed by atoms with Crippen LogP contribution in [0.25, 0.3) is 0 Å². The third-order valence-corrected chi connectivity index (χ3v) is 4.63. The van der Waals surface area contributed by atoms with E-state index >= 15 is 0 Å². The summed E-state index contributed by atoms with van der Waals surface area (Å²) in [4.78, 5) is 2.12. The second-order valence-corrected chi connectivity index (χ2v) is 6.53. The number of alkyl halides is 2. The summed E-state index contributed by atoms with van der Waals surface area (Å²) >= 11 is 0. The van der Waals surface area contributed by atoms with Crippen LogP contribution in [0.2, 0.25) is 0 Å². The molecule has 1 saturated heterocycles. The van der Waals surface area contributed by atoms with E-state index in [0.29, 0.717) is 19.6 Å². The predicted octanol–water partition coefficient (Wildman–Crippen LogP) is 3.31. The monoisotopic (exact) mass is 261 g/mol. The maximum absolute atomic E-state index is 13.6. The quantitative estimate of drug-likeness (QED) is 0.753. The van der Waals surface area contributed by atoms with Crippen LogP contribution >= 0.6 is 0 Å². The molecule has 18 heavy (non-hydrogen) atoms. The molecule has 106 valence electrons. The minimum Gasteiger partial charge on any atom is -0.377 e. The van der Waals surface area contributed by atoms with Crippen molar-refractivity contribution in [2.24, 2.45) is 5.41 Å². The molecular formula is C14H25F2NO. The van der Waals surface area contributed by atoms with Gasteiger partial charge in [0.15, 0.2) is 0 Å². The smallest absolute Gasteiger partial charge is 0.255 e. The van der Waals surface area contributed by atoms with E-state index in [9.17, 15) is 8.78 Å². The fraction of sp³-hybridized carbons (Fsp3) is 1.00. The number of halogens is 2. The maximum Gasteiger partial charge on any atom is 0.255 e. The second kappa shape index (κ2) is 4.41. The Morgan fingerprint density at radius 3 is 2.28 bits per heavy atom. The Hall–Kier alpha value is -0.220. The largest absolute Gasteiger partial charge is 0.377 e. The van der Waals surface area contributed by atoms with Crippen molar-refractivity contribution < 1.29 is 13.5 Å². The standard InChI is InChI=1S/C14H25F2NO/c1-5-6-13(10-18-11(2)3)7-12(9-17(13)4)8-14(12,15)16/h11H,5-10H2,1-4H3/t12-,13+/m1/s1. The van der Waals surface area contributed by atoms with Crippen LogP contribution in [0.15, 0.2) is 0 Å². The molecule has 0 aromatic carbocycles. The zero-order valence-corrected chi connectivity index (χ0v) is 11.9. The molecule has 0 bridgehead atoms. The van der Waals surface area contributed by atoms with Crippen molar-refractivity contribution in [3.05, 3.63) is 0 Å². The molecule has 0 amide bonds. The van der Waals surface area contributed by atoms with Crippen LogP contribution in [0.1, 0.15) is 46.5 Å². The van der Waals surface area contributed by atoms with Crippen LogP contribution in [0.4, 0.5) is 8.78 Å². The number of likely N-dealkylation sites (N-methyl/N-ethyl adjacent to an activating group) is 1. The first kappa shape index (κ1) is 14.2. The zero-order valence-electron chi connectivity index (χ0n) is 11.9. The highest BCUT2D eigenvalue weighted by Gasteiger charge is 2.76. The average molecular weight is 261 g/mol. The van der Waals surface area contributed by atoms with Crippen LogP contribution in [0.3, 0.4) is 0 Å². The number of likely N-dealkylation sites (tertiary alicyclic amines) is 1. The molecule has 2 aliphatic rings. The van der Waals surface area contributed by atoms with Crippen molar-refractivity contribution in [3.63, 3.8) is 0 Å². The summed E-state index contributed by atoms with van der Waals surface area (Å²) in [6.45, 7) is 7.20. The minimum atomic E-state index is -2.45. The summed E-state index contributed by atoms with van der Waals surface area (Å²) in [7, 11) is 1.97.